The summed E-state index contributed by atoms with van der Waals surface area (Å²) in [6.07, 6.45) is 1.86. The van der Waals surface area contributed by atoms with Crippen LogP contribution in [0.1, 0.15) is 38.3 Å². The van der Waals surface area contributed by atoms with Gasteiger partial charge >= 0.3 is 5.97 Å². The molecule has 1 aromatic carbocycles. The Morgan fingerprint density at radius 1 is 1.27 bits per heavy atom. The summed E-state index contributed by atoms with van der Waals surface area (Å²) in [7, 11) is 1.76. The molecule has 0 fully saturated rings. The van der Waals surface area contributed by atoms with E-state index in [4.69, 9.17) is 5.11 Å². The summed E-state index contributed by atoms with van der Waals surface area (Å²) in [5, 5.41) is 11.9. The van der Waals surface area contributed by atoms with Gasteiger partial charge < -0.3 is 10.4 Å². The molecular formula is C17H26N2O3. The number of likely N-dealkylation sites (N-methyl/N-ethyl adjacent to an activating group) is 1. The van der Waals surface area contributed by atoms with E-state index in [1.165, 1.54) is 0 Å². The van der Waals surface area contributed by atoms with E-state index >= 15 is 0 Å². The Morgan fingerprint density at radius 3 is 2.45 bits per heavy atom. The number of rotatable bonds is 9. The molecule has 0 aromatic heterocycles. The molecule has 1 aromatic rings. The van der Waals surface area contributed by atoms with Crippen molar-refractivity contribution in [1.82, 2.24) is 10.2 Å². The quantitative estimate of drug-likeness (QED) is 0.734. The van der Waals surface area contributed by atoms with Crippen LogP contribution < -0.4 is 5.32 Å². The third-order valence-electron chi connectivity index (χ3n) is 3.54. The number of hydrogen-bond donors (Lipinski definition) is 2. The highest BCUT2D eigenvalue weighted by molar-refractivity contribution is 5.78. The van der Waals surface area contributed by atoms with E-state index in [9.17, 15) is 9.59 Å². The van der Waals surface area contributed by atoms with Gasteiger partial charge in [0.2, 0.25) is 5.91 Å². The average molecular weight is 306 g/mol. The Balaban J connectivity index is 2.55. The SMILES string of the molecule is CCCC(NC(=O)CN(C)CC(C)C(=O)O)c1ccccc1. The number of amides is 1. The van der Waals surface area contributed by atoms with Crippen molar-refractivity contribution < 1.29 is 14.7 Å². The highest BCUT2D eigenvalue weighted by atomic mass is 16.4. The maximum absolute atomic E-state index is 12.2. The van der Waals surface area contributed by atoms with Gasteiger partial charge in [-0.1, -0.05) is 50.6 Å². The van der Waals surface area contributed by atoms with Crippen LogP contribution in [-0.4, -0.2) is 42.0 Å². The van der Waals surface area contributed by atoms with Crippen LogP contribution in [-0.2, 0) is 9.59 Å². The number of hydrogen-bond acceptors (Lipinski definition) is 3. The van der Waals surface area contributed by atoms with Gasteiger partial charge in [-0.2, -0.15) is 0 Å². The molecule has 1 rings (SSSR count). The first kappa shape index (κ1) is 18.2. The number of carboxylic acid groups (broad SMARTS) is 1. The van der Waals surface area contributed by atoms with Gasteiger partial charge in [-0.3, -0.25) is 14.5 Å². The first-order chi connectivity index (χ1) is 10.4. The molecule has 0 saturated carbocycles. The number of aliphatic carboxylic acids is 1. The molecule has 0 aliphatic rings. The lowest BCUT2D eigenvalue weighted by atomic mass is 10.0. The van der Waals surface area contributed by atoms with Gasteiger partial charge in [0.05, 0.1) is 18.5 Å². The molecule has 0 spiro atoms. The molecule has 0 radical (unpaired) electrons. The van der Waals surface area contributed by atoms with Crippen molar-refractivity contribution in [3.8, 4) is 0 Å². The highest BCUT2D eigenvalue weighted by Gasteiger charge is 2.18. The van der Waals surface area contributed by atoms with Crippen molar-refractivity contribution in [2.45, 2.75) is 32.7 Å². The second kappa shape index (κ2) is 9.20. The fourth-order valence-electron chi connectivity index (χ4n) is 2.39. The second-order valence-corrected chi connectivity index (χ2v) is 5.76. The van der Waals surface area contributed by atoms with Crippen LogP contribution in [0.15, 0.2) is 30.3 Å². The molecule has 0 saturated heterocycles. The maximum Gasteiger partial charge on any atom is 0.307 e. The fourth-order valence-corrected chi connectivity index (χ4v) is 2.39. The minimum atomic E-state index is -0.847. The largest absolute Gasteiger partial charge is 0.481 e. The molecule has 122 valence electrons. The minimum absolute atomic E-state index is 0.00370. The number of carbonyl (C=O) groups is 2. The van der Waals surface area contributed by atoms with Gasteiger partial charge in [0, 0.05) is 6.54 Å². The number of nitrogens with zero attached hydrogens (tertiary/aromatic N) is 1. The van der Waals surface area contributed by atoms with Crippen LogP contribution in [0, 0.1) is 5.92 Å². The van der Waals surface area contributed by atoms with Crippen LogP contribution >= 0.6 is 0 Å². The molecule has 0 bridgehead atoms. The van der Waals surface area contributed by atoms with Crippen molar-refractivity contribution in [1.29, 1.82) is 0 Å². The van der Waals surface area contributed by atoms with E-state index in [2.05, 4.69) is 12.2 Å². The van der Waals surface area contributed by atoms with Crippen LogP contribution in [0.2, 0.25) is 0 Å². The van der Waals surface area contributed by atoms with Gasteiger partial charge in [-0.25, -0.2) is 0 Å². The average Bonchev–Trinajstić information content (AvgIpc) is 2.47. The number of carbonyl (C=O) groups excluding carboxylic acids is 1. The Hall–Kier alpha value is -1.88. The molecule has 0 aliphatic carbocycles. The molecule has 0 aliphatic heterocycles. The zero-order valence-corrected chi connectivity index (χ0v) is 13.6. The normalized spacial score (nSPS) is 13.6. The minimum Gasteiger partial charge on any atom is -0.481 e. The zero-order valence-electron chi connectivity index (χ0n) is 13.6. The van der Waals surface area contributed by atoms with E-state index in [1.807, 2.05) is 30.3 Å². The standard InChI is InChI=1S/C17H26N2O3/c1-4-8-15(14-9-6-5-7-10-14)18-16(20)12-19(3)11-13(2)17(21)22/h5-7,9-10,13,15H,4,8,11-12H2,1-3H3,(H,18,20)(H,21,22). The number of carboxylic acids is 1. The van der Waals surface area contributed by atoms with Gasteiger partial charge in [0.1, 0.15) is 0 Å². The molecule has 0 heterocycles. The summed E-state index contributed by atoms with van der Waals surface area (Å²) in [4.78, 5) is 24.7. The Bertz CT molecular complexity index is 476. The summed E-state index contributed by atoms with van der Waals surface area (Å²) >= 11 is 0. The van der Waals surface area contributed by atoms with Crippen LogP contribution in [0.3, 0.4) is 0 Å². The van der Waals surface area contributed by atoms with Crippen molar-refractivity contribution in [3.05, 3.63) is 35.9 Å². The predicted octanol–water partition coefficient (Wildman–Crippen LogP) is 2.30. The smallest absolute Gasteiger partial charge is 0.307 e. The molecule has 2 atom stereocenters. The van der Waals surface area contributed by atoms with Gasteiger partial charge in [0.25, 0.3) is 0 Å². The first-order valence-electron chi connectivity index (χ1n) is 7.69. The van der Waals surface area contributed by atoms with Crippen molar-refractivity contribution in [3.63, 3.8) is 0 Å². The van der Waals surface area contributed by atoms with E-state index < -0.39 is 11.9 Å². The third-order valence-corrected chi connectivity index (χ3v) is 3.54. The lowest BCUT2D eigenvalue weighted by molar-refractivity contribution is -0.142. The van der Waals surface area contributed by atoms with Gasteiger partial charge in [-0.05, 0) is 19.0 Å². The van der Waals surface area contributed by atoms with E-state index in [-0.39, 0.29) is 18.5 Å². The third kappa shape index (κ3) is 6.26. The molecule has 1 amide bonds. The monoisotopic (exact) mass is 306 g/mol. The molecule has 22 heavy (non-hydrogen) atoms. The highest BCUT2D eigenvalue weighted by Crippen LogP contribution is 2.17. The summed E-state index contributed by atoms with van der Waals surface area (Å²) in [5.41, 5.74) is 1.10. The molecular weight excluding hydrogens is 280 g/mol. The summed E-state index contributed by atoms with van der Waals surface area (Å²) in [6.45, 7) is 4.28. The van der Waals surface area contributed by atoms with Crippen LogP contribution in [0.5, 0.6) is 0 Å². The number of nitrogens with one attached hydrogen (secondary N) is 1. The molecule has 2 N–H and O–H groups in total. The fraction of sp³-hybridized carbons (Fsp3) is 0.529. The molecule has 5 nitrogen and oxygen atoms in total. The van der Waals surface area contributed by atoms with E-state index in [1.54, 1.807) is 18.9 Å². The Kier molecular flexibility index (Phi) is 7.60. The van der Waals surface area contributed by atoms with Crippen LogP contribution in [0.25, 0.3) is 0 Å². The Labute approximate surface area is 132 Å². The Morgan fingerprint density at radius 2 is 1.91 bits per heavy atom. The summed E-state index contributed by atoms with van der Waals surface area (Å²) in [6, 6.07) is 9.91. The zero-order chi connectivity index (χ0) is 16.5. The number of benzene rings is 1. The topological polar surface area (TPSA) is 69.6 Å². The summed E-state index contributed by atoms with van der Waals surface area (Å²) < 4.78 is 0. The van der Waals surface area contributed by atoms with Gasteiger partial charge in [-0.15, -0.1) is 0 Å². The van der Waals surface area contributed by atoms with Crippen molar-refractivity contribution in [2.24, 2.45) is 5.92 Å². The molecule has 5 heteroatoms. The van der Waals surface area contributed by atoms with Crippen molar-refractivity contribution >= 4 is 11.9 Å². The van der Waals surface area contributed by atoms with E-state index in [0.29, 0.717) is 6.54 Å². The lowest BCUT2D eigenvalue weighted by Crippen LogP contribution is -2.39. The van der Waals surface area contributed by atoms with Crippen LogP contribution in [0.4, 0.5) is 0 Å². The van der Waals surface area contributed by atoms with E-state index in [0.717, 1.165) is 18.4 Å². The second-order valence-electron chi connectivity index (χ2n) is 5.76. The summed E-state index contributed by atoms with van der Waals surface area (Å²) in [5.74, 6) is -1.42. The van der Waals surface area contributed by atoms with Gasteiger partial charge in [0.15, 0.2) is 0 Å². The maximum atomic E-state index is 12.2. The van der Waals surface area contributed by atoms with Crippen molar-refractivity contribution in [2.75, 3.05) is 20.1 Å². The first-order valence-corrected chi connectivity index (χ1v) is 7.69. The predicted molar refractivity (Wildman–Crippen MR) is 86.5 cm³/mol. The molecule has 2 unspecified atom stereocenters. The lowest BCUT2D eigenvalue weighted by Gasteiger charge is -2.22.